The zero-order valence-electron chi connectivity index (χ0n) is 21.5. The predicted octanol–water partition coefficient (Wildman–Crippen LogP) is 7.20. The van der Waals surface area contributed by atoms with Crippen LogP contribution in [0.2, 0.25) is 5.02 Å². The van der Waals surface area contributed by atoms with Gasteiger partial charge in [0.1, 0.15) is 5.01 Å². The third-order valence-corrected chi connectivity index (χ3v) is 8.68. The van der Waals surface area contributed by atoms with Crippen LogP contribution in [0.5, 0.6) is 0 Å². The van der Waals surface area contributed by atoms with Gasteiger partial charge in [0, 0.05) is 39.5 Å². The monoisotopic (exact) mass is 566 g/mol. The van der Waals surface area contributed by atoms with Crippen LogP contribution < -0.4 is 0 Å². The number of nitrogens with zero attached hydrogens (tertiary/aromatic N) is 4. The minimum atomic E-state index is -0.871. The standard InChI is InChI=1S/C31H23ClN4O3S/c1-17-10-27-30(29(24(17)13-28(37)38)18-2-5-22(32)6-3-18)40-31(34-27)20-8-9-33-26(12-20)19-4-7-25-21(11-19)14-36(35-25)23-15-39-16-23/h2-12,14,23H,13,15-16H2,1H3,(H,37,38). The molecule has 7 nitrogen and oxygen atoms in total. The minimum Gasteiger partial charge on any atom is -0.481 e. The van der Waals surface area contributed by atoms with Crippen molar-refractivity contribution >= 4 is 50.0 Å². The normalized spacial score (nSPS) is 13.7. The van der Waals surface area contributed by atoms with E-state index in [0.717, 1.165) is 65.2 Å². The van der Waals surface area contributed by atoms with Gasteiger partial charge in [-0.1, -0.05) is 29.8 Å². The van der Waals surface area contributed by atoms with Gasteiger partial charge in [0.25, 0.3) is 0 Å². The van der Waals surface area contributed by atoms with Crippen LogP contribution in [-0.4, -0.2) is 44.0 Å². The van der Waals surface area contributed by atoms with Gasteiger partial charge in [-0.3, -0.25) is 14.5 Å². The summed E-state index contributed by atoms with van der Waals surface area (Å²) in [6, 6.07) is 20.0. The fraction of sp³-hybridized carbons (Fsp3) is 0.161. The van der Waals surface area contributed by atoms with Gasteiger partial charge in [0.05, 0.1) is 47.1 Å². The van der Waals surface area contributed by atoms with Crippen LogP contribution in [0.4, 0.5) is 0 Å². The second kappa shape index (κ2) is 9.82. The van der Waals surface area contributed by atoms with E-state index in [1.54, 1.807) is 17.5 Å². The highest BCUT2D eigenvalue weighted by molar-refractivity contribution is 7.22. The summed E-state index contributed by atoms with van der Waals surface area (Å²) in [7, 11) is 0. The Balaban J connectivity index is 1.32. The van der Waals surface area contributed by atoms with E-state index in [2.05, 4.69) is 23.3 Å². The number of thiazole rings is 1. The number of pyridine rings is 1. The van der Waals surface area contributed by atoms with Crippen molar-refractivity contribution in [3.05, 3.63) is 89.2 Å². The number of aromatic nitrogens is 4. The summed E-state index contributed by atoms with van der Waals surface area (Å²) in [5, 5.41) is 16.9. The summed E-state index contributed by atoms with van der Waals surface area (Å²) in [5.74, 6) is -0.871. The van der Waals surface area contributed by atoms with Crippen molar-refractivity contribution in [2.75, 3.05) is 13.2 Å². The number of halogens is 1. The first-order valence-electron chi connectivity index (χ1n) is 12.9. The molecule has 198 valence electrons. The van der Waals surface area contributed by atoms with Gasteiger partial charge in [-0.2, -0.15) is 5.10 Å². The Morgan fingerprint density at radius 2 is 1.85 bits per heavy atom. The summed E-state index contributed by atoms with van der Waals surface area (Å²) in [6.07, 6.45) is 3.80. The number of carbonyl (C=O) groups is 1. The van der Waals surface area contributed by atoms with Crippen LogP contribution in [0.15, 0.2) is 73.1 Å². The second-order valence-electron chi connectivity index (χ2n) is 10.00. The molecule has 7 rings (SSSR count). The fourth-order valence-corrected chi connectivity index (χ4v) is 6.41. The third kappa shape index (κ3) is 4.44. The van der Waals surface area contributed by atoms with Crippen LogP contribution in [0.25, 0.3) is 54.1 Å². The topological polar surface area (TPSA) is 90.1 Å². The lowest BCUT2D eigenvalue weighted by Gasteiger charge is -2.25. The molecule has 1 aliphatic rings. The van der Waals surface area contributed by atoms with Crippen LogP contribution >= 0.6 is 22.9 Å². The Kier molecular flexibility index (Phi) is 6.11. The molecule has 1 saturated heterocycles. The number of carboxylic acids is 1. The van der Waals surface area contributed by atoms with Gasteiger partial charge < -0.3 is 9.84 Å². The van der Waals surface area contributed by atoms with E-state index in [1.807, 2.05) is 60.1 Å². The van der Waals surface area contributed by atoms with Gasteiger partial charge in [-0.05, 0) is 66.1 Å². The molecule has 0 unspecified atom stereocenters. The van der Waals surface area contributed by atoms with E-state index in [-0.39, 0.29) is 6.42 Å². The first-order valence-corrected chi connectivity index (χ1v) is 14.1. The maximum atomic E-state index is 11.8. The Morgan fingerprint density at radius 3 is 2.60 bits per heavy atom. The van der Waals surface area contributed by atoms with E-state index < -0.39 is 5.97 Å². The summed E-state index contributed by atoms with van der Waals surface area (Å²) in [6.45, 7) is 3.34. The molecule has 1 aliphatic heterocycles. The van der Waals surface area contributed by atoms with Crippen LogP contribution in [0, 0.1) is 6.92 Å². The van der Waals surface area contributed by atoms with Crippen molar-refractivity contribution < 1.29 is 14.6 Å². The largest absolute Gasteiger partial charge is 0.481 e. The molecule has 3 aromatic heterocycles. The number of rotatable bonds is 6. The first kappa shape index (κ1) is 24.9. The average Bonchev–Trinajstić information content (AvgIpc) is 3.52. The number of aliphatic carboxylic acids is 1. The second-order valence-corrected chi connectivity index (χ2v) is 11.4. The zero-order valence-corrected chi connectivity index (χ0v) is 23.0. The molecule has 0 atom stereocenters. The van der Waals surface area contributed by atoms with Crippen molar-refractivity contribution in [3.8, 4) is 33.0 Å². The molecule has 1 fully saturated rings. The zero-order chi connectivity index (χ0) is 27.4. The Bertz CT molecular complexity index is 1930. The SMILES string of the molecule is Cc1cc2nc(-c3ccnc(-c4ccc5nn(C6COC6)cc5c4)c3)sc2c(-c2ccc(Cl)cc2)c1CC(=O)O. The molecule has 4 heterocycles. The number of aryl methyl sites for hydroxylation is 1. The van der Waals surface area contributed by atoms with Gasteiger partial charge in [-0.15, -0.1) is 11.3 Å². The molecule has 1 N–H and O–H groups in total. The van der Waals surface area contributed by atoms with Crippen molar-refractivity contribution in [1.29, 1.82) is 0 Å². The summed E-state index contributed by atoms with van der Waals surface area (Å²) >= 11 is 7.72. The lowest BCUT2D eigenvalue weighted by atomic mass is 9.93. The Hall–Kier alpha value is -4.11. The van der Waals surface area contributed by atoms with E-state index in [4.69, 9.17) is 26.4 Å². The molecule has 40 heavy (non-hydrogen) atoms. The summed E-state index contributed by atoms with van der Waals surface area (Å²) in [5.41, 5.74) is 8.08. The van der Waals surface area contributed by atoms with Crippen molar-refractivity contribution in [2.24, 2.45) is 0 Å². The molecule has 9 heteroatoms. The van der Waals surface area contributed by atoms with Crippen molar-refractivity contribution in [3.63, 3.8) is 0 Å². The molecule has 0 amide bonds. The van der Waals surface area contributed by atoms with Gasteiger partial charge in [0.15, 0.2) is 0 Å². The van der Waals surface area contributed by atoms with Crippen LogP contribution in [0.1, 0.15) is 17.2 Å². The lowest BCUT2D eigenvalue weighted by molar-refractivity contribution is -0.136. The number of fused-ring (bicyclic) bond motifs is 2. The number of hydrogen-bond donors (Lipinski definition) is 1. The molecular weight excluding hydrogens is 544 g/mol. The van der Waals surface area contributed by atoms with E-state index in [0.29, 0.717) is 24.3 Å². The van der Waals surface area contributed by atoms with Crippen molar-refractivity contribution in [1.82, 2.24) is 19.7 Å². The third-order valence-electron chi connectivity index (χ3n) is 7.29. The van der Waals surface area contributed by atoms with Gasteiger partial charge >= 0.3 is 5.97 Å². The highest BCUT2D eigenvalue weighted by Gasteiger charge is 2.22. The number of hydrogen-bond acceptors (Lipinski definition) is 6. The number of carboxylic acid groups (broad SMARTS) is 1. The quantitative estimate of drug-likeness (QED) is 0.229. The Morgan fingerprint density at radius 1 is 1.05 bits per heavy atom. The molecule has 6 aromatic rings. The first-order chi connectivity index (χ1) is 19.4. The molecule has 0 radical (unpaired) electrons. The highest BCUT2D eigenvalue weighted by Crippen LogP contribution is 2.41. The maximum absolute atomic E-state index is 11.8. The van der Waals surface area contributed by atoms with E-state index in [9.17, 15) is 9.90 Å². The molecular formula is C31H23ClN4O3S. The lowest BCUT2D eigenvalue weighted by Crippen LogP contribution is -2.30. The van der Waals surface area contributed by atoms with Crippen LogP contribution in [0.3, 0.4) is 0 Å². The summed E-state index contributed by atoms with van der Waals surface area (Å²) in [4.78, 5) is 21.4. The van der Waals surface area contributed by atoms with Gasteiger partial charge in [-0.25, -0.2) is 4.98 Å². The van der Waals surface area contributed by atoms with E-state index in [1.165, 1.54) is 0 Å². The fourth-order valence-electron chi connectivity index (χ4n) is 5.15. The molecule has 0 saturated carbocycles. The summed E-state index contributed by atoms with van der Waals surface area (Å²) < 4.78 is 8.25. The maximum Gasteiger partial charge on any atom is 0.307 e. The predicted molar refractivity (Wildman–Crippen MR) is 158 cm³/mol. The van der Waals surface area contributed by atoms with Gasteiger partial charge in [0.2, 0.25) is 0 Å². The number of benzene rings is 3. The smallest absolute Gasteiger partial charge is 0.307 e. The average molecular weight is 567 g/mol. The highest BCUT2D eigenvalue weighted by atomic mass is 35.5. The van der Waals surface area contributed by atoms with E-state index >= 15 is 0 Å². The van der Waals surface area contributed by atoms with Crippen molar-refractivity contribution in [2.45, 2.75) is 19.4 Å². The molecule has 0 spiro atoms. The molecule has 0 aliphatic carbocycles. The molecule has 0 bridgehead atoms. The van der Waals surface area contributed by atoms with Crippen LogP contribution in [-0.2, 0) is 16.0 Å². The number of ether oxygens (including phenoxy) is 1. The Labute approximate surface area is 238 Å². The molecule has 3 aromatic carbocycles. The minimum absolute atomic E-state index is 0.0702.